The first-order valence-electron chi connectivity index (χ1n) is 7.05. The first kappa shape index (κ1) is 14.8. The Kier molecular flexibility index (Phi) is 5.64. The molecule has 1 aromatic rings. The van der Waals surface area contributed by atoms with Crippen LogP contribution in [0.3, 0.4) is 0 Å². The summed E-state index contributed by atoms with van der Waals surface area (Å²) in [5.74, 6) is 0. The van der Waals surface area contributed by atoms with Crippen molar-refractivity contribution in [2.75, 3.05) is 26.2 Å². The summed E-state index contributed by atoms with van der Waals surface area (Å²) in [6.07, 6.45) is 2.59. The summed E-state index contributed by atoms with van der Waals surface area (Å²) in [5, 5.41) is 0.778. The van der Waals surface area contributed by atoms with Gasteiger partial charge in [0.2, 0.25) is 0 Å². The van der Waals surface area contributed by atoms with Gasteiger partial charge in [0.05, 0.1) is 6.10 Å². The molecule has 1 aliphatic rings. The maximum atomic E-state index is 6.07. The Bertz CT molecular complexity index is 391. The maximum Gasteiger partial charge on any atom is 0.0599 e. The highest BCUT2D eigenvalue weighted by Gasteiger charge is 2.25. The van der Waals surface area contributed by atoms with Gasteiger partial charge >= 0.3 is 0 Å². The number of ether oxygens (including phenoxy) is 1. The lowest BCUT2D eigenvalue weighted by Crippen LogP contribution is -2.41. The second-order valence-electron chi connectivity index (χ2n) is 5.00. The lowest BCUT2D eigenvalue weighted by Gasteiger charge is -2.37. The van der Waals surface area contributed by atoms with E-state index >= 15 is 0 Å². The van der Waals surface area contributed by atoms with Gasteiger partial charge in [-0.15, -0.1) is 0 Å². The largest absolute Gasteiger partial charge is 0.378 e. The van der Waals surface area contributed by atoms with Crippen molar-refractivity contribution in [3.8, 4) is 0 Å². The average Bonchev–Trinajstić information content (AvgIpc) is 2.42. The molecule has 1 unspecified atom stereocenters. The van der Waals surface area contributed by atoms with Gasteiger partial charge in [-0.25, -0.2) is 0 Å². The average molecular weight is 283 g/mol. The van der Waals surface area contributed by atoms with Crippen molar-refractivity contribution in [2.45, 2.75) is 31.9 Å². The highest BCUT2D eigenvalue weighted by atomic mass is 35.5. The van der Waals surface area contributed by atoms with Gasteiger partial charge in [0.15, 0.2) is 0 Å². The van der Waals surface area contributed by atoms with Crippen LogP contribution in [0.4, 0.5) is 0 Å². The van der Waals surface area contributed by atoms with Gasteiger partial charge < -0.3 is 10.5 Å². The molecule has 2 rings (SSSR count). The molecule has 0 bridgehead atoms. The van der Waals surface area contributed by atoms with Crippen molar-refractivity contribution in [3.05, 3.63) is 34.9 Å². The number of piperidine rings is 1. The molecule has 1 aromatic carbocycles. The standard InChI is InChI=1S/C15H23ClN2O/c1-2-19-14-6-8-18(9-7-14)15(11-17)12-4-3-5-13(16)10-12/h3-5,10,14-15H,2,6-9,11,17H2,1H3. The summed E-state index contributed by atoms with van der Waals surface area (Å²) in [5.41, 5.74) is 7.18. The van der Waals surface area contributed by atoms with Gasteiger partial charge in [0.25, 0.3) is 0 Å². The van der Waals surface area contributed by atoms with E-state index in [1.54, 1.807) is 0 Å². The zero-order chi connectivity index (χ0) is 13.7. The number of hydrogen-bond acceptors (Lipinski definition) is 3. The second-order valence-corrected chi connectivity index (χ2v) is 5.43. The number of halogens is 1. The molecule has 1 aliphatic heterocycles. The number of hydrogen-bond donors (Lipinski definition) is 1. The minimum atomic E-state index is 0.265. The van der Waals surface area contributed by atoms with Crippen LogP contribution in [0.1, 0.15) is 31.4 Å². The fourth-order valence-corrected chi connectivity index (χ4v) is 3.00. The quantitative estimate of drug-likeness (QED) is 0.902. The van der Waals surface area contributed by atoms with E-state index in [9.17, 15) is 0 Å². The van der Waals surface area contributed by atoms with Crippen molar-refractivity contribution in [1.82, 2.24) is 4.90 Å². The third-order valence-corrected chi connectivity index (χ3v) is 4.01. The van der Waals surface area contributed by atoms with Gasteiger partial charge in [-0.2, -0.15) is 0 Å². The number of nitrogens with zero attached hydrogens (tertiary/aromatic N) is 1. The lowest BCUT2D eigenvalue weighted by molar-refractivity contribution is 0.00452. The Hall–Kier alpha value is -0.610. The lowest BCUT2D eigenvalue weighted by atomic mass is 10.0. The molecule has 19 heavy (non-hydrogen) atoms. The summed E-state index contributed by atoms with van der Waals surface area (Å²) in [6.45, 7) is 5.57. The first-order valence-corrected chi connectivity index (χ1v) is 7.43. The number of nitrogens with two attached hydrogens (primary N) is 1. The molecule has 3 nitrogen and oxygen atoms in total. The molecule has 106 valence electrons. The third kappa shape index (κ3) is 3.93. The van der Waals surface area contributed by atoms with Crippen LogP contribution in [0.2, 0.25) is 5.02 Å². The van der Waals surface area contributed by atoms with E-state index in [1.807, 2.05) is 18.2 Å². The minimum Gasteiger partial charge on any atom is -0.378 e. The summed E-state index contributed by atoms with van der Waals surface area (Å²) in [7, 11) is 0. The van der Waals surface area contributed by atoms with Crippen LogP contribution in [0.25, 0.3) is 0 Å². The monoisotopic (exact) mass is 282 g/mol. The van der Waals surface area contributed by atoms with Crippen molar-refractivity contribution in [2.24, 2.45) is 5.73 Å². The summed E-state index contributed by atoms with van der Waals surface area (Å²) in [4.78, 5) is 2.45. The zero-order valence-corrected chi connectivity index (χ0v) is 12.3. The Morgan fingerprint density at radius 3 is 2.74 bits per heavy atom. The highest BCUT2D eigenvalue weighted by Crippen LogP contribution is 2.26. The predicted octanol–water partition coefficient (Wildman–Crippen LogP) is 2.84. The van der Waals surface area contributed by atoms with Gasteiger partial charge in [0.1, 0.15) is 0 Å². The molecule has 0 amide bonds. The normalized spacial score (nSPS) is 19.5. The second kappa shape index (κ2) is 7.25. The van der Waals surface area contributed by atoms with Crippen LogP contribution >= 0.6 is 11.6 Å². The SMILES string of the molecule is CCOC1CCN(C(CN)c2cccc(Cl)c2)CC1. The molecule has 0 aromatic heterocycles. The molecule has 0 saturated carbocycles. The van der Waals surface area contributed by atoms with Crippen LogP contribution in [-0.4, -0.2) is 37.2 Å². The van der Waals surface area contributed by atoms with E-state index in [-0.39, 0.29) is 6.04 Å². The molecule has 1 saturated heterocycles. The predicted molar refractivity (Wildman–Crippen MR) is 79.5 cm³/mol. The van der Waals surface area contributed by atoms with Crippen LogP contribution in [-0.2, 0) is 4.74 Å². The highest BCUT2D eigenvalue weighted by molar-refractivity contribution is 6.30. The first-order chi connectivity index (χ1) is 9.24. The third-order valence-electron chi connectivity index (χ3n) is 3.78. The van der Waals surface area contributed by atoms with Crippen LogP contribution in [0.15, 0.2) is 24.3 Å². The molecule has 1 heterocycles. The van der Waals surface area contributed by atoms with Gasteiger partial charge in [0, 0.05) is 37.3 Å². The van der Waals surface area contributed by atoms with Gasteiger partial charge in [-0.3, -0.25) is 4.90 Å². The summed E-state index contributed by atoms with van der Waals surface area (Å²) >= 11 is 6.07. The Morgan fingerprint density at radius 2 is 2.16 bits per heavy atom. The van der Waals surface area contributed by atoms with Crippen LogP contribution in [0.5, 0.6) is 0 Å². The van der Waals surface area contributed by atoms with E-state index < -0.39 is 0 Å². The van der Waals surface area contributed by atoms with E-state index in [2.05, 4.69) is 17.9 Å². The van der Waals surface area contributed by atoms with E-state index in [1.165, 1.54) is 5.56 Å². The number of rotatable bonds is 5. The van der Waals surface area contributed by atoms with Crippen molar-refractivity contribution >= 4 is 11.6 Å². The Labute approximate surface area is 120 Å². The minimum absolute atomic E-state index is 0.265. The molecule has 4 heteroatoms. The molecular formula is C15H23ClN2O. The molecule has 0 aliphatic carbocycles. The molecule has 0 spiro atoms. The van der Waals surface area contributed by atoms with E-state index in [4.69, 9.17) is 22.1 Å². The fourth-order valence-electron chi connectivity index (χ4n) is 2.80. The molecular weight excluding hydrogens is 260 g/mol. The summed E-state index contributed by atoms with van der Waals surface area (Å²) < 4.78 is 5.69. The number of likely N-dealkylation sites (tertiary alicyclic amines) is 1. The molecule has 0 radical (unpaired) electrons. The molecule has 1 fully saturated rings. The van der Waals surface area contributed by atoms with Gasteiger partial charge in [-0.05, 0) is 37.5 Å². The zero-order valence-electron chi connectivity index (χ0n) is 11.5. The van der Waals surface area contributed by atoms with Gasteiger partial charge in [-0.1, -0.05) is 23.7 Å². The Morgan fingerprint density at radius 1 is 1.42 bits per heavy atom. The Balaban J connectivity index is 1.99. The van der Waals surface area contributed by atoms with Crippen LogP contribution < -0.4 is 5.73 Å². The topological polar surface area (TPSA) is 38.5 Å². The summed E-state index contributed by atoms with van der Waals surface area (Å²) in [6, 6.07) is 8.29. The maximum absolute atomic E-state index is 6.07. The smallest absolute Gasteiger partial charge is 0.0599 e. The van der Waals surface area contributed by atoms with Crippen LogP contribution in [0, 0.1) is 0 Å². The van der Waals surface area contributed by atoms with Crippen molar-refractivity contribution in [1.29, 1.82) is 0 Å². The van der Waals surface area contributed by atoms with Crippen molar-refractivity contribution < 1.29 is 4.74 Å². The fraction of sp³-hybridized carbons (Fsp3) is 0.600. The molecule has 1 atom stereocenters. The van der Waals surface area contributed by atoms with E-state index in [0.717, 1.165) is 37.6 Å². The number of benzene rings is 1. The van der Waals surface area contributed by atoms with E-state index in [0.29, 0.717) is 12.6 Å². The van der Waals surface area contributed by atoms with Crippen molar-refractivity contribution in [3.63, 3.8) is 0 Å². The molecule has 2 N–H and O–H groups in total.